The lowest BCUT2D eigenvalue weighted by Crippen LogP contribution is -2.07. The van der Waals surface area contributed by atoms with Crippen molar-refractivity contribution in [1.29, 1.82) is 5.26 Å². The summed E-state index contributed by atoms with van der Waals surface area (Å²) >= 11 is 0. The predicted octanol–water partition coefficient (Wildman–Crippen LogP) is 1.76. The van der Waals surface area contributed by atoms with E-state index < -0.39 is 0 Å². The van der Waals surface area contributed by atoms with Crippen LogP contribution in [-0.4, -0.2) is 5.91 Å². The van der Waals surface area contributed by atoms with Gasteiger partial charge in [0.05, 0.1) is 11.6 Å². The van der Waals surface area contributed by atoms with Gasteiger partial charge in [-0.3, -0.25) is 4.79 Å². The molecule has 0 aliphatic carbocycles. The van der Waals surface area contributed by atoms with Gasteiger partial charge in [-0.05, 0) is 18.6 Å². The van der Waals surface area contributed by atoms with Gasteiger partial charge in [0.15, 0.2) is 0 Å². The van der Waals surface area contributed by atoms with Crippen LogP contribution in [0.2, 0.25) is 0 Å². The summed E-state index contributed by atoms with van der Waals surface area (Å²) in [5.74, 6) is -0.377. The van der Waals surface area contributed by atoms with Crippen molar-refractivity contribution >= 4 is 12.0 Å². The normalized spacial score (nSPS) is 10.1. The van der Waals surface area contributed by atoms with Crippen LogP contribution in [0.3, 0.4) is 0 Å². The molecule has 0 unspecified atom stereocenters. The molecule has 3 heteroatoms. The number of hydrogen-bond donors (Lipinski definition) is 1. The van der Waals surface area contributed by atoms with Gasteiger partial charge in [-0.1, -0.05) is 29.8 Å². The van der Waals surface area contributed by atoms with Crippen molar-refractivity contribution in [2.45, 2.75) is 13.3 Å². The van der Waals surface area contributed by atoms with Crippen LogP contribution in [0.5, 0.6) is 0 Å². The zero-order valence-corrected chi connectivity index (χ0v) is 8.53. The average molecular weight is 200 g/mol. The van der Waals surface area contributed by atoms with Crippen molar-refractivity contribution in [1.82, 2.24) is 0 Å². The fourth-order valence-electron chi connectivity index (χ4n) is 1.22. The van der Waals surface area contributed by atoms with Crippen LogP contribution in [0.4, 0.5) is 0 Å². The third kappa shape index (κ3) is 3.28. The molecule has 0 aromatic heterocycles. The molecule has 15 heavy (non-hydrogen) atoms. The fraction of sp³-hybridized carbons (Fsp3) is 0.167. The van der Waals surface area contributed by atoms with Crippen LogP contribution in [0.1, 0.15) is 23.1 Å². The van der Waals surface area contributed by atoms with Gasteiger partial charge in [-0.25, -0.2) is 0 Å². The van der Waals surface area contributed by atoms with Crippen LogP contribution in [0.15, 0.2) is 24.3 Å². The van der Waals surface area contributed by atoms with Crippen LogP contribution < -0.4 is 5.73 Å². The van der Waals surface area contributed by atoms with Gasteiger partial charge in [0.1, 0.15) is 0 Å². The summed E-state index contributed by atoms with van der Waals surface area (Å²) in [7, 11) is 0. The Morgan fingerprint density at radius 3 is 2.93 bits per heavy atom. The van der Waals surface area contributed by atoms with Gasteiger partial charge in [-0.15, -0.1) is 0 Å². The molecule has 0 fully saturated rings. The molecule has 0 aliphatic rings. The van der Waals surface area contributed by atoms with E-state index in [2.05, 4.69) is 6.07 Å². The maximum Gasteiger partial charge on any atom is 0.221 e. The third-order valence-electron chi connectivity index (χ3n) is 1.94. The molecule has 3 nitrogen and oxygen atoms in total. The number of hydrogen-bond acceptors (Lipinski definition) is 2. The largest absolute Gasteiger partial charge is 0.369 e. The maximum absolute atomic E-state index is 10.5. The quantitative estimate of drug-likeness (QED) is 0.807. The highest BCUT2D eigenvalue weighted by Gasteiger charge is 1.98. The summed E-state index contributed by atoms with van der Waals surface area (Å²) in [5.41, 5.74) is 7.50. The highest BCUT2D eigenvalue weighted by molar-refractivity contribution is 5.76. The molecule has 1 rings (SSSR count). The minimum absolute atomic E-state index is 0.193. The summed E-state index contributed by atoms with van der Waals surface area (Å²) in [6.45, 7) is 1.95. The molecule has 0 saturated heterocycles. The number of rotatable bonds is 3. The smallest absolute Gasteiger partial charge is 0.221 e. The zero-order chi connectivity index (χ0) is 11.3. The minimum Gasteiger partial charge on any atom is -0.369 e. The molecule has 0 aliphatic heterocycles. The van der Waals surface area contributed by atoms with E-state index in [0.717, 1.165) is 11.1 Å². The predicted molar refractivity (Wildman–Crippen MR) is 58.7 cm³/mol. The lowest BCUT2D eigenvalue weighted by molar-refractivity contribution is -0.117. The molecule has 2 N–H and O–H groups in total. The van der Waals surface area contributed by atoms with E-state index in [0.29, 0.717) is 5.56 Å². The Morgan fingerprint density at radius 2 is 2.33 bits per heavy atom. The van der Waals surface area contributed by atoms with E-state index >= 15 is 0 Å². The topological polar surface area (TPSA) is 66.9 Å². The lowest BCUT2D eigenvalue weighted by atomic mass is 10.0. The van der Waals surface area contributed by atoms with Gasteiger partial charge in [0, 0.05) is 6.42 Å². The molecule has 0 bridgehead atoms. The first-order valence-corrected chi connectivity index (χ1v) is 4.59. The Balaban J connectivity index is 2.93. The maximum atomic E-state index is 10.5. The first kappa shape index (κ1) is 11.0. The first-order chi connectivity index (χ1) is 7.13. The van der Waals surface area contributed by atoms with Gasteiger partial charge in [0.2, 0.25) is 5.91 Å². The van der Waals surface area contributed by atoms with Crippen molar-refractivity contribution in [3.63, 3.8) is 0 Å². The van der Waals surface area contributed by atoms with E-state index in [4.69, 9.17) is 11.0 Å². The fourth-order valence-corrected chi connectivity index (χ4v) is 1.22. The Hall–Kier alpha value is -2.08. The molecule has 1 aromatic rings. The second kappa shape index (κ2) is 4.97. The highest BCUT2D eigenvalue weighted by Crippen LogP contribution is 2.12. The van der Waals surface area contributed by atoms with Crippen LogP contribution in [0.25, 0.3) is 6.08 Å². The number of aryl methyl sites for hydroxylation is 1. The Kier molecular flexibility index (Phi) is 3.64. The number of carbonyl (C=O) groups excluding carboxylic acids is 1. The molecule has 0 saturated carbocycles. The van der Waals surface area contributed by atoms with E-state index in [1.807, 2.05) is 19.1 Å². The molecule has 0 spiro atoms. The molecule has 1 amide bonds. The Morgan fingerprint density at radius 1 is 1.60 bits per heavy atom. The van der Waals surface area contributed by atoms with Gasteiger partial charge >= 0.3 is 0 Å². The number of nitriles is 1. The molecule has 1 aromatic carbocycles. The minimum atomic E-state index is -0.377. The SMILES string of the molecule is Cc1ccc(C#N)c(C=CCC(N)=O)c1. The van der Waals surface area contributed by atoms with E-state index in [-0.39, 0.29) is 12.3 Å². The monoisotopic (exact) mass is 200 g/mol. The third-order valence-corrected chi connectivity index (χ3v) is 1.94. The van der Waals surface area contributed by atoms with Crippen molar-refractivity contribution < 1.29 is 4.79 Å². The Labute approximate surface area is 88.8 Å². The molecule has 0 radical (unpaired) electrons. The number of amides is 1. The van der Waals surface area contributed by atoms with Gasteiger partial charge in [0.25, 0.3) is 0 Å². The van der Waals surface area contributed by atoms with Crippen LogP contribution >= 0.6 is 0 Å². The van der Waals surface area contributed by atoms with Crippen molar-refractivity contribution in [3.05, 3.63) is 41.0 Å². The summed E-state index contributed by atoms with van der Waals surface area (Å²) < 4.78 is 0. The average Bonchev–Trinajstić information content (AvgIpc) is 2.17. The van der Waals surface area contributed by atoms with Crippen LogP contribution in [0, 0.1) is 18.3 Å². The Bertz CT molecular complexity index is 441. The van der Waals surface area contributed by atoms with Crippen LogP contribution in [-0.2, 0) is 4.79 Å². The first-order valence-electron chi connectivity index (χ1n) is 4.59. The summed E-state index contributed by atoms with van der Waals surface area (Å²) in [6.07, 6.45) is 3.60. The zero-order valence-electron chi connectivity index (χ0n) is 8.53. The molecule has 76 valence electrons. The summed E-state index contributed by atoms with van der Waals surface area (Å²) in [6, 6.07) is 7.63. The number of primary amides is 1. The molecular formula is C12H12N2O. The van der Waals surface area contributed by atoms with Crippen molar-refractivity contribution in [3.8, 4) is 6.07 Å². The van der Waals surface area contributed by atoms with E-state index in [9.17, 15) is 4.79 Å². The van der Waals surface area contributed by atoms with Gasteiger partial charge < -0.3 is 5.73 Å². The molecular weight excluding hydrogens is 188 g/mol. The summed E-state index contributed by atoms with van der Waals surface area (Å²) in [5, 5.41) is 8.84. The van der Waals surface area contributed by atoms with E-state index in [1.165, 1.54) is 0 Å². The number of nitrogens with two attached hydrogens (primary N) is 1. The highest BCUT2D eigenvalue weighted by atomic mass is 16.1. The van der Waals surface area contributed by atoms with E-state index in [1.54, 1.807) is 18.2 Å². The summed E-state index contributed by atoms with van der Waals surface area (Å²) in [4.78, 5) is 10.5. The number of benzene rings is 1. The number of carbonyl (C=O) groups is 1. The lowest BCUT2D eigenvalue weighted by Gasteiger charge is -1.99. The molecule has 0 atom stereocenters. The second-order valence-corrected chi connectivity index (χ2v) is 3.28. The number of nitrogens with zero attached hydrogens (tertiary/aromatic N) is 1. The van der Waals surface area contributed by atoms with Crippen molar-refractivity contribution in [2.75, 3.05) is 0 Å². The van der Waals surface area contributed by atoms with Crippen molar-refractivity contribution in [2.24, 2.45) is 5.73 Å². The standard InChI is InChI=1S/C12H12N2O/c1-9-5-6-11(8-13)10(7-9)3-2-4-12(14)15/h2-3,5-7H,4H2,1H3,(H2,14,15). The van der Waals surface area contributed by atoms with Gasteiger partial charge in [-0.2, -0.15) is 5.26 Å². The second-order valence-electron chi connectivity index (χ2n) is 3.28. The molecule has 0 heterocycles.